The molecule has 1 fully saturated rings. The van der Waals surface area contributed by atoms with Crippen molar-refractivity contribution in [3.8, 4) is 78.9 Å². The highest BCUT2D eigenvalue weighted by Gasteiger charge is 2.51. The third kappa shape index (κ3) is 12.9. The van der Waals surface area contributed by atoms with Crippen molar-refractivity contribution in [2.75, 3.05) is 0 Å². The molecule has 104 heavy (non-hydrogen) atoms. The number of rotatable bonds is 8. The zero-order chi connectivity index (χ0) is 68.9. The van der Waals surface area contributed by atoms with Gasteiger partial charge in [0, 0.05) is 51.3 Å². The van der Waals surface area contributed by atoms with Crippen molar-refractivity contribution in [2.24, 2.45) is 0 Å². The molecule has 0 radical (unpaired) electrons. The maximum absolute atomic E-state index is 6.57. The third-order valence-corrected chi connectivity index (χ3v) is 20.3. The molecule has 1 aliphatic rings. The standard InChI is InChI=1S/C43H27N3.C32H19ClN2.C17H20BNO2.2CH4/c1-3-13-32-30(11-1)25-38(36-17-7-5-15-34(32)36)41-27-42(39-26-31-12-2-4-14-33(31)35-16-6-8-18-37(35)39)46-43(45-41)29-22-20-28(21-23-29)40-19-9-10-24-44-40;33-32-34-30(28-17-20-9-1-3-11-22(20)24-13-5-7-15-26(24)28)19-31(35-32)29-18-21-10-2-4-12-23(21)25-14-6-8-16-27(25)29;1-16(2)17(3,4)21-18(20-16)14-10-8-13(9-11-14)15-7-5-6-12-19-15;;/h1-27H;1-19H;5-12H,1-4H3;2*1H4. The molecule has 10 heteroatoms. The average Bonchev–Trinajstić information content (AvgIpc) is 0.747. The van der Waals surface area contributed by atoms with E-state index in [1.165, 1.54) is 75.4 Å². The van der Waals surface area contributed by atoms with E-state index in [4.69, 9.17) is 30.9 Å². The SMILES string of the molecule is C.C.CC1(C)OB(c2ccc(-c3ccccn3)cc2)OC1(C)C.Clc1nc(-c2cc3ccccc3c3ccccc23)cc(-c2cc3ccccc3c3ccccc23)n1.c1ccc(-c2ccc(-c3nc(-c4cc5ccccc5c5ccccc45)cc(-c4cc5ccccc5c5ccccc45)n3)cc2)nc1. The van der Waals surface area contributed by atoms with Crippen LogP contribution in [0.2, 0.25) is 5.28 Å². The van der Waals surface area contributed by atoms with Crippen LogP contribution < -0.4 is 5.46 Å². The Morgan fingerprint density at radius 1 is 0.269 bits per heavy atom. The molecule has 0 bridgehead atoms. The summed E-state index contributed by atoms with van der Waals surface area (Å²) in [6.07, 6.45) is 3.63. The summed E-state index contributed by atoms with van der Waals surface area (Å²) < 4.78 is 12.1. The highest BCUT2D eigenvalue weighted by Crippen LogP contribution is 2.43. The van der Waals surface area contributed by atoms with Gasteiger partial charge in [-0.2, -0.15) is 0 Å². The Morgan fingerprint density at radius 2 is 0.538 bits per heavy atom. The summed E-state index contributed by atoms with van der Waals surface area (Å²) in [7, 11) is -0.312. The van der Waals surface area contributed by atoms with Crippen molar-refractivity contribution in [2.45, 2.75) is 53.8 Å². The van der Waals surface area contributed by atoms with E-state index >= 15 is 0 Å². The number of halogens is 1. The molecule has 0 N–H and O–H groups in total. The molecular weight excluding hydrogens is 1290 g/mol. The molecule has 5 heterocycles. The lowest BCUT2D eigenvalue weighted by atomic mass is 9.79. The fourth-order valence-electron chi connectivity index (χ4n) is 14.3. The molecule has 19 rings (SSSR count). The summed E-state index contributed by atoms with van der Waals surface area (Å²) in [5.74, 6) is 0.689. The first kappa shape index (κ1) is 67.7. The fraction of sp³-hybridized carbons (Fsp3) is 0.0851. The molecule has 0 amide bonds. The molecule has 14 aromatic carbocycles. The minimum absolute atomic E-state index is 0. The molecule has 0 unspecified atom stereocenters. The van der Waals surface area contributed by atoms with Crippen LogP contribution in [0.3, 0.4) is 0 Å². The molecular formula is C94H74BClN6O2. The lowest BCUT2D eigenvalue weighted by Crippen LogP contribution is -2.41. The highest BCUT2D eigenvalue weighted by molar-refractivity contribution is 6.62. The summed E-state index contributed by atoms with van der Waals surface area (Å²) in [4.78, 5) is 28.8. The van der Waals surface area contributed by atoms with Gasteiger partial charge < -0.3 is 9.31 Å². The van der Waals surface area contributed by atoms with Gasteiger partial charge in [0.2, 0.25) is 5.28 Å². The van der Waals surface area contributed by atoms with Crippen molar-refractivity contribution in [1.29, 1.82) is 0 Å². The summed E-state index contributed by atoms with van der Waals surface area (Å²) in [6, 6.07) is 110. The van der Waals surface area contributed by atoms with E-state index in [1.54, 1.807) is 6.20 Å². The van der Waals surface area contributed by atoms with E-state index in [0.29, 0.717) is 5.82 Å². The van der Waals surface area contributed by atoms with Crippen LogP contribution in [0.1, 0.15) is 42.5 Å². The molecule has 502 valence electrons. The Morgan fingerprint density at radius 3 is 0.856 bits per heavy atom. The largest absolute Gasteiger partial charge is 0.494 e. The second-order valence-electron chi connectivity index (χ2n) is 26.9. The van der Waals surface area contributed by atoms with Gasteiger partial charge in [-0.1, -0.05) is 270 Å². The van der Waals surface area contributed by atoms with E-state index in [1.807, 2.05) is 54.7 Å². The second-order valence-corrected chi connectivity index (χ2v) is 27.2. The van der Waals surface area contributed by atoms with Gasteiger partial charge in [-0.15, -0.1) is 0 Å². The van der Waals surface area contributed by atoms with Crippen molar-refractivity contribution in [3.63, 3.8) is 0 Å². The van der Waals surface area contributed by atoms with Crippen molar-refractivity contribution in [3.05, 3.63) is 333 Å². The van der Waals surface area contributed by atoms with Crippen LogP contribution in [0.5, 0.6) is 0 Å². The third-order valence-electron chi connectivity index (χ3n) is 20.1. The predicted molar refractivity (Wildman–Crippen MR) is 438 cm³/mol. The molecule has 18 aromatic rings. The molecule has 0 saturated carbocycles. The predicted octanol–water partition coefficient (Wildman–Crippen LogP) is 24.5. The maximum atomic E-state index is 6.57. The monoisotopic (exact) mass is 1360 g/mol. The van der Waals surface area contributed by atoms with E-state index in [9.17, 15) is 0 Å². The van der Waals surface area contributed by atoms with Gasteiger partial charge in [0.1, 0.15) is 0 Å². The molecule has 1 saturated heterocycles. The lowest BCUT2D eigenvalue weighted by Gasteiger charge is -2.32. The normalized spacial score (nSPS) is 13.0. The topological polar surface area (TPSA) is 95.8 Å². The molecule has 0 aliphatic carbocycles. The maximum Gasteiger partial charge on any atom is 0.494 e. The van der Waals surface area contributed by atoms with E-state index < -0.39 is 0 Å². The number of benzene rings is 14. The molecule has 0 spiro atoms. The zero-order valence-corrected chi connectivity index (χ0v) is 57.4. The number of hydrogen-bond donors (Lipinski definition) is 0. The van der Waals surface area contributed by atoms with E-state index in [-0.39, 0.29) is 38.5 Å². The molecule has 1 aliphatic heterocycles. The van der Waals surface area contributed by atoms with Crippen LogP contribution in [-0.2, 0) is 9.31 Å². The molecule has 8 nitrogen and oxygen atoms in total. The first-order chi connectivity index (χ1) is 49.9. The minimum Gasteiger partial charge on any atom is -0.399 e. The van der Waals surface area contributed by atoms with Crippen LogP contribution >= 0.6 is 11.6 Å². The number of hydrogen-bond acceptors (Lipinski definition) is 8. The molecule has 0 atom stereocenters. The fourth-order valence-corrected chi connectivity index (χ4v) is 14.4. The first-order valence-corrected chi connectivity index (χ1v) is 34.8. The smallest absolute Gasteiger partial charge is 0.399 e. The number of pyridine rings is 2. The lowest BCUT2D eigenvalue weighted by molar-refractivity contribution is 0.00578. The van der Waals surface area contributed by atoms with Gasteiger partial charge in [0.15, 0.2) is 5.82 Å². The summed E-state index contributed by atoms with van der Waals surface area (Å²) in [5, 5.41) is 19.4. The van der Waals surface area contributed by atoms with Crippen LogP contribution in [0.15, 0.2) is 328 Å². The van der Waals surface area contributed by atoms with Gasteiger partial charge >= 0.3 is 7.12 Å². The van der Waals surface area contributed by atoms with Crippen molar-refractivity contribution in [1.82, 2.24) is 29.9 Å². The number of aromatic nitrogens is 6. The van der Waals surface area contributed by atoms with E-state index in [2.05, 4.69) is 315 Å². The van der Waals surface area contributed by atoms with Gasteiger partial charge in [-0.25, -0.2) is 19.9 Å². The Labute approximate surface area is 611 Å². The van der Waals surface area contributed by atoms with Gasteiger partial charge in [0.25, 0.3) is 0 Å². The highest BCUT2D eigenvalue weighted by atomic mass is 35.5. The Bertz CT molecular complexity index is 5940. The van der Waals surface area contributed by atoms with Crippen LogP contribution in [0, 0.1) is 0 Å². The van der Waals surface area contributed by atoms with Gasteiger partial charge in [0.05, 0.1) is 45.4 Å². The van der Waals surface area contributed by atoms with Gasteiger partial charge in [-0.3, -0.25) is 9.97 Å². The minimum atomic E-state index is -0.312. The number of nitrogens with zero attached hydrogens (tertiary/aromatic N) is 6. The Balaban J connectivity index is 0.000000133. The van der Waals surface area contributed by atoms with Crippen molar-refractivity contribution >= 4 is 110 Å². The number of fused-ring (bicyclic) bond motifs is 12. The van der Waals surface area contributed by atoms with Crippen LogP contribution in [0.4, 0.5) is 0 Å². The Kier molecular flexibility index (Phi) is 18.5. The van der Waals surface area contributed by atoms with Crippen LogP contribution in [0.25, 0.3) is 165 Å². The zero-order valence-electron chi connectivity index (χ0n) is 56.6. The quantitative estimate of drug-likeness (QED) is 0.0843. The molecule has 4 aromatic heterocycles. The first-order valence-electron chi connectivity index (χ1n) is 34.4. The summed E-state index contributed by atoms with van der Waals surface area (Å²) in [6.45, 7) is 8.26. The summed E-state index contributed by atoms with van der Waals surface area (Å²) >= 11 is 6.57. The Hall–Kier alpha value is -12.1. The second kappa shape index (κ2) is 28.4. The van der Waals surface area contributed by atoms with Gasteiger partial charge in [-0.05, 0) is 192 Å². The summed E-state index contributed by atoms with van der Waals surface area (Å²) in [5.41, 5.74) is 13.2. The average molecular weight is 1370 g/mol. The van der Waals surface area contributed by atoms with E-state index in [0.717, 1.165) is 89.3 Å². The van der Waals surface area contributed by atoms with Crippen LogP contribution in [-0.4, -0.2) is 48.2 Å². The van der Waals surface area contributed by atoms with Crippen molar-refractivity contribution < 1.29 is 9.31 Å².